The van der Waals surface area contributed by atoms with Crippen LogP contribution in [0.2, 0.25) is 0 Å². The van der Waals surface area contributed by atoms with Gasteiger partial charge in [-0.1, -0.05) is 18.2 Å². The number of β-amino-alcohol motifs (C(OH)–C–C–N with tert-alkyl or cyclic N) is 1. The third-order valence-electron chi connectivity index (χ3n) is 4.35. The molecule has 4 rings (SSSR count). The summed E-state index contributed by atoms with van der Waals surface area (Å²) < 4.78 is 0. The summed E-state index contributed by atoms with van der Waals surface area (Å²) in [4.78, 5) is 17.0. The summed E-state index contributed by atoms with van der Waals surface area (Å²) in [5.41, 5.74) is -0.585. The van der Waals surface area contributed by atoms with Crippen molar-refractivity contribution in [2.24, 2.45) is 5.92 Å². The SMILES string of the molecule is O=c1[nH]c(N2CC(O)(C3CC3)C2)cc2ccccc12. The van der Waals surface area contributed by atoms with Gasteiger partial charge >= 0.3 is 0 Å². The highest BCUT2D eigenvalue weighted by molar-refractivity contribution is 5.83. The lowest BCUT2D eigenvalue weighted by Gasteiger charge is -2.48. The van der Waals surface area contributed by atoms with E-state index in [0.717, 1.165) is 24.0 Å². The molecule has 0 unspecified atom stereocenters. The zero-order chi connectivity index (χ0) is 13.0. The van der Waals surface area contributed by atoms with E-state index in [0.29, 0.717) is 24.4 Å². The summed E-state index contributed by atoms with van der Waals surface area (Å²) in [5.74, 6) is 1.28. The molecule has 1 aliphatic carbocycles. The molecule has 4 nitrogen and oxygen atoms in total. The molecule has 2 aromatic rings. The maximum Gasteiger partial charge on any atom is 0.257 e. The average molecular weight is 256 g/mol. The maximum atomic E-state index is 12.0. The molecule has 0 spiro atoms. The van der Waals surface area contributed by atoms with Gasteiger partial charge < -0.3 is 15.0 Å². The van der Waals surface area contributed by atoms with Gasteiger partial charge in [0, 0.05) is 5.39 Å². The molecule has 1 saturated carbocycles. The first kappa shape index (κ1) is 11.1. The third kappa shape index (κ3) is 1.67. The Hall–Kier alpha value is -1.81. The van der Waals surface area contributed by atoms with Crippen molar-refractivity contribution < 1.29 is 5.11 Å². The van der Waals surface area contributed by atoms with Gasteiger partial charge in [0.1, 0.15) is 11.4 Å². The fraction of sp³-hybridized carbons (Fsp3) is 0.400. The summed E-state index contributed by atoms with van der Waals surface area (Å²) in [7, 11) is 0. The van der Waals surface area contributed by atoms with E-state index in [1.54, 1.807) is 0 Å². The van der Waals surface area contributed by atoms with Gasteiger partial charge in [-0.25, -0.2) is 0 Å². The molecule has 0 radical (unpaired) electrons. The minimum Gasteiger partial charge on any atom is -0.386 e. The number of rotatable bonds is 2. The van der Waals surface area contributed by atoms with E-state index in [9.17, 15) is 9.90 Å². The Bertz CT molecular complexity index is 697. The minimum absolute atomic E-state index is 0.0602. The van der Waals surface area contributed by atoms with Gasteiger partial charge in [0.05, 0.1) is 13.1 Å². The van der Waals surface area contributed by atoms with Crippen LogP contribution in [0.1, 0.15) is 12.8 Å². The van der Waals surface area contributed by atoms with Gasteiger partial charge in [0.2, 0.25) is 0 Å². The quantitative estimate of drug-likeness (QED) is 0.856. The van der Waals surface area contributed by atoms with Gasteiger partial charge in [-0.2, -0.15) is 0 Å². The van der Waals surface area contributed by atoms with Crippen LogP contribution in [0.4, 0.5) is 5.82 Å². The zero-order valence-corrected chi connectivity index (χ0v) is 10.6. The standard InChI is InChI=1S/C15H16N2O2/c18-14-12-4-2-1-3-10(12)7-13(16-14)17-8-15(19,9-17)11-5-6-11/h1-4,7,11,19H,5-6,8-9H2,(H,16,18). The van der Waals surface area contributed by atoms with E-state index in [1.807, 2.05) is 35.2 Å². The smallest absolute Gasteiger partial charge is 0.257 e. The number of fused-ring (bicyclic) bond motifs is 1. The van der Waals surface area contributed by atoms with Crippen molar-refractivity contribution in [1.82, 2.24) is 4.98 Å². The number of nitrogens with one attached hydrogen (secondary N) is 1. The number of aromatic nitrogens is 1. The van der Waals surface area contributed by atoms with E-state index < -0.39 is 5.60 Å². The van der Waals surface area contributed by atoms with Gasteiger partial charge in [-0.3, -0.25) is 4.79 Å². The second kappa shape index (κ2) is 3.61. The molecule has 0 amide bonds. The van der Waals surface area contributed by atoms with Gasteiger partial charge in [-0.15, -0.1) is 0 Å². The van der Waals surface area contributed by atoms with Crippen LogP contribution in [0.15, 0.2) is 35.1 Å². The number of pyridine rings is 1. The largest absolute Gasteiger partial charge is 0.386 e. The van der Waals surface area contributed by atoms with Crippen molar-refractivity contribution in [2.45, 2.75) is 18.4 Å². The molecule has 19 heavy (non-hydrogen) atoms. The van der Waals surface area contributed by atoms with Crippen LogP contribution in [0.3, 0.4) is 0 Å². The highest BCUT2D eigenvalue weighted by Crippen LogP contribution is 2.45. The highest BCUT2D eigenvalue weighted by atomic mass is 16.3. The fourth-order valence-corrected chi connectivity index (χ4v) is 3.03. The van der Waals surface area contributed by atoms with Gasteiger partial charge in [0.25, 0.3) is 5.56 Å². The first-order valence-corrected chi connectivity index (χ1v) is 6.75. The van der Waals surface area contributed by atoms with Crippen molar-refractivity contribution in [3.8, 4) is 0 Å². The Morgan fingerprint density at radius 1 is 1.26 bits per heavy atom. The molecule has 1 aliphatic heterocycles. The summed E-state index contributed by atoms with van der Waals surface area (Å²) in [6, 6.07) is 9.56. The van der Waals surface area contributed by atoms with E-state index in [-0.39, 0.29) is 5.56 Å². The molecule has 2 fully saturated rings. The van der Waals surface area contributed by atoms with Crippen molar-refractivity contribution in [1.29, 1.82) is 0 Å². The molecule has 0 bridgehead atoms. The monoisotopic (exact) mass is 256 g/mol. The number of anilines is 1. The van der Waals surface area contributed by atoms with Crippen LogP contribution in [0.25, 0.3) is 10.8 Å². The molecular formula is C15H16N2O2. The molecule has 0 atom stereocenters. The van der Waals surface area contributed by atoms with Crippen molar-refractivity contribution >= 4 is 16.6 Å². The Balaban J connectivity index is 1.67. The Morgan fingerprint density at radius 2 is 2.00 bits per heavy atom. The van der Waals surface area contributed by atoms with Crippen LogP contribution in [0, 0.1) is 5.92 Å². The van der Waals surface area contributed by atoms with Crippen LogP contribution in [-0.2, 0) is 0 Å². The van der Waals surface area contributed by atoms with Crippen LogP contribution in [0.5, 0.6) is 0 Å². The average Bonchev–Trinajstić information content (AvgIpc) is 3.19. The molecular weight excluding hydrogens is 240 g/mol. The van der Waals surface area contributed by atoms with Crippen LogP contribution >= 0.6 is 0 Å². The molecule has 2 heterocycles. The molecule has 2 aliphatic rings. The zero-order valence-electron chi connectivity index (χ0n) is 10.6. The van der Waals surface area contributed by atoms with E-state index in [1.165, 1.54) is 0 Å². The predicted octanol–water partition coefficient (Wildman–Crippen LogP) is 1.49. The fourth-order valence-electron chi connectivity index (χ4n) is 3.03. The third-order valence-corrected chi connectivity index (χ3v) is 4.35. The number of aliphatic hydroxyl groups is 1. The summed E-state index contributed by atoms with van der Waals surface area (Å²) in [5, 5.41) is 12.0. The lowest BCUT2D eigenvalue weighted by molar-refractivity contribution is -0.00974. The number of aromatic amines is 1. The number of benzene rings is 1. The topological polar surface area (TPSA) is 56.3 Å². The van der Waals surface area contributed by atoms with Crippen molar-refractivity contribution in [2.75, 3.05) is 18.0 Å². The first-order chi connectivity index (χ1) is 9.16. The van der Waals surface area contributed by atoms with E-state index in [4.69, 9.17) is 0 Å². The Kier molecular flexibility index (Phi) is 2.10. The number of hydrogen-bond donors (Lipinski definition) is 2. The number of hydrogen-bond acceptors (Lipinski definition) is 3. The second-order valence-electron chi connectivity index (χ2n) is 5.80. The van der Waals surface area contributed by atoms with Crippen molar-refractivity contribution in [3.05, 3.63) is 40.7 Å². The summed E-state index contributed by atoms with van der Waals surface area (Å²) >= 11 is 0. The van der Waals surface area contributed by atoms with E-state index >= 15 is 0 Å². The summed E-state index contributed by atoms with van der Waals surface area (Å²) in [6.07, 6.45) is 2.27. The highest BCUT2D eigenvalue weighted by Gasteiger charge is 2.52. The van der Waals surface area contributed by atoms with Crippen LogP contribution in [-0.4, -0.2) is 28.8 Å². The Morgan fingerprint density at radius 3 is 2.74 bits per heavy atom. The molecule has 1 aromatic carbocycles. The normalized spacial score (nSPS) is 21.4. The lowest BCUT2D eigenvalue weighted by Crippen LogP contribution is -2.63. The molecule has 2 N–H and O–H groups in total. The Labute approximate surface area is 110 Å². The van der Waals surface area contributed by atoms with Gasteiger partial charge in [0.15, 0.2) is 0 Å². The molecule has 1 aromatic heterocycles. The van der Waals surface area contributed by atoms with Crippen molar-refractivity contribution in [3.63, 3.8) is 0 Å². The minimum atomic E-state index is -0.525. The van der Waals surface area contributed by atoms with Gasteiger partial charge in [-0.05, 0) is 36.3 Å². The van der Waals surface area contributed by atoms with E-state index in [2.05, 4.69) is 4.98 Å². The molecule has 1 saturated heterocycles. The first-order valence-electron chi connectivity index (χ1n) is 6.75. The second-order valence-corrected chi connectivity index (χ2v) is 5.80. The summed E-state index contributed by atoms with van der Waals surface area (Å²) in [6.45, 7) is 1.26. The molecule has 98 valence electrons. The lowest BCUT2D eigenvalue weighted by atomic mass is 9.89. The number of H-pyrrole nitrogens is 1. The van der Waals surface area contributed by atoms with Crippen LogP contribution < -0.4 is 10.5 Å². The number of nitrogens with zero attached hydrogens (tertiary/aromatic N) is 1. The predicted molar refractivity (Wildman–Crippen MR) is 74.5 cm³/mol. The maximum absolute atomic E-state index is 12.0. The molecule has 4 heteroatoms.